The fraction of sp³-hybridized carbons (Fsp3) is 0.714. The minimum absolute atomic E-state index is 0.0382. The molecule has 1 saturated heterocycles. The van der Waals surface area contributed by atoms with Crippen LogP contribution in [-0.2, 0) is 24.2 Å². The lowest BCUT2D eigenvalue weighted by Crippen LogP contribution is -2.46. The van der Waals surface area contributed by atoms with Crippen molar-refractivity contribution in [2.75, 3.05) is 6.54 Å². The molecule has 5 heteroatoms. The number of aryl methyl sites for hydroxylation is 2. The van der Waals surface area contributed by atoms with E-state index >= 15 is 0 Å². The molecule has 1 aliphatic heterocycles. The first-order valence-corrected chi connectivity index (χ1v) is 7.23. The molecule has 2 rings (SSSR count). The molecule has 2 heterocycles. The van der Waals surface area contributed by atoms with Crippen molar-refractivity contribution in [1.29, 1.82) is 0 Å². The molecule has 0 bridgehead atoms. The van der Waals surface area contributed by atoms with Crippen LogP contribution in [0.4, 0.5) is 0 Å². The number of aromatic nitrogens is 1. The van der Waals surface area contributed by atoms with Gasteiger partial charge in [-0.15, -0.1) is 0 Å². The van der Waals surface area contributed by atoms with Crippen LogP contribution in [0.3, 0.4) is 0 Å². The van der Waals surface area contributed by atoms with Gasteiger partial charge >= 0.3 is 0 Å². The van der Waals surface area contributed by atoms with Crippen molar-refractivity contribution in [2.24, 2.45) is 0 Å². The predicted molar refractivity (Wildman–Crippen MR) is 72.7 cm³/mol. The normalized spacial score (nSPS) is 19.4. The molecule has 5 nitrogen and oxygen atoms in total. The highest BCUT2D eigenvalue weighted by atomic mass is 16.5. The van der Waals surface area contributed by atoms with Gasteiger partial charge in [0.1, 0.15) is 5.76 Å². The number of nitrogens with zero attached hydrogens (tertiary/aromatic N) is 1. The molecular weight excluding hydrogens is 242 g/mol. The van der Waals surface area contributed by atoms with Gasteiger partial charge in [0.25, 0.3) is 0 Å². The Labute approximate surface area is 114 Å². The molecule has 1 aliphatic rings. The maximum absolute atomic E-state index is 12.1. The maximum atomic E-state index is 12.1. The van der Waals surface area contributed by atoms with Crippen LogP contribution in [0.15, 0.2) is 4.52 Å². The highest BCUT2D eigenvalue weighted by molar-refractivity contribution is 5.81. The van der Waals surface area contributed by atoms with Crippen molar-refractivity contribution >= 4 is 5.91 Å². The van der Waals surface area contributed by atoms with E-state index in [1.165, 1.54) is 0 Å². The van der Waals surface area contributed by atoms with E-state index in [-0.39, 0.29) is 11.9 Å². The van der Waals surface area contributed by atoms with Gasteiger partial charge in [0, 0.05) is 18.5 Å². The molecule has 106 valence electrons. The molecule has 0 aromatic carbocycles. The van der Waals surface area contributed by atoms with Gasteiger partial charge in [-0.3, -0.25) is 4.79 Å². The first-order valence-electron chi connectivity index (χ1n) is 7.23. The van der Waals surface area contributed by atoms with Crippen LogP contribution in [0, 0.1) is 0 Å². The van der Waals surface area contributed by atoms with Crippen LogP contribution in [0.1, 0.15) is 50.1 Å². The summed E-state index contributed by atoms with van der Waals surface area (Å²) in [5.41, 5.74) is 2.00. The molecule has 1 aromatic rings. The van der Waals surface area contributed by atoms with E-state index in [0.29, 0.717) is 6.54 Å². The Balaban J connectivity index is 1.94. The molecule has 0 unspecified atom stereocenters. The van der Waals surface area contributed by atoms with E-state index in [1.807, 2.05) is 13.8 Å². The molecule has 1 aromatic heterocycles. The van der Waals surface area contributed by atoms with Crippen LogP contribution in [-0.4, -0.2) is 23.7 Å². The van der Waals surface area contributed by atoms with Crippen LogP contribution >= 0.6 is 0 Å². The van der Waals surface area contributed by atoms with Crippen LogP contribution < -0.4 is 10.6 Å². The Morgan fingerprint density at radius 3 is 2.89 bits per heavy atom. The van der Waals surface area contributed by atoms with Crippen molar-refractivity contribution < 1.29 is 9.32 Å². The van der Waals surface area contributed by atoms with E-state index < -0.39 is 0 Å². The van der Waals surface area contributed by atoms with Gasteiger partial charge < -0.3 is 15.2 Å². The van der Waals surface area contributed by atoms with Gasteiger partial charge in [0.15, 0.2) is 0 Å². The van der Waals surface area contributed by atoms with Crippen molar-refractivity contribution in [3.8, 4) is 0 Å². The third-order valence-corrected chi connectivity index (χ3v) is 3.67. The summed E-state index contributed by atoms with van der Waals surface area (Å²) < 4.78 is 5.30. The van der Waals surface area contributed by atoms with Gasteiger partial charge in [-0.1, -0.05) is 25.4 Å². The predicted octanol–water partition coefficient (Wildman–Crippen LogP) is 1.56. The van der Waals surface area contributed by atoms with Gasteiger partial charge in [-0.25, -0.2) is 0 Å². The number of hydrogen-bond donors (Lipinski definition) is 2. The van der Waals surface area contributed by atoms with E-state index in [2.05, 4.69) is 15.8 Å². The molecule has 0 aliphatic carbocycles. The minimum atomic E-state index is -0.0382. The number of hydrogen-bond acceptors (Lipinski definition) is 4. The van der Waals surface area contributed by atoms with Crippen molar-refractivity contribution in [3.05, 3.63) is 17.0 Å². The first-order chi connectivity index (χ1) is 9.26. The zero-order valence-electron chi connectivity index (χ0n) is 11.8. The van der Waals surface area contributed by atoms with Gasteiger partial charge in [0.2, 0.25) is 5.91 Å². The summed E-state index contributed by atoms with van der Waals surface area (Å²) in [6, 6.07) is -0.0382. The zero-order valence-corrected chi connectivity index (χ0v) is 11.8. The van der Waals surface area contributed by atoms with E-state index in [4.69, 9.17) is 4.52 Å². The lowest BCUT2D eigenvalue weighted by molar-refractivity contribution is -0.123. The molecule has 1 amide bonds. The average Bonchev–Trinajstić information content (AvgIpc) is 2.87. The summed E-state index contributed by atoms with van der Waals surface area (Å²) in [6.45, 7) is 5.54. The summed E-state index contributed by atoms with van der Waals surface area (Å²) in [4.78, 5) is 12.1. The van der Waals surface area contributed by atoms with Crippen molar-refractivity contribution in [3.63, 3.8) is 0 Å². The zero-order chi connectivity index (χ0) is 13.7. The Bertz CT molecular complexity index is 401. The first kappa shape index (κ1) is 14.1. The van der Waals surface area contributed by atoms with E-state index in [9.17, 15) is 4.79 Å². The maximum Gasteiger partial charge on any atom is 0.237 e. The Kier molecular flexibility index (Phi) is 4.96. The third-order valence-electron chi connectivity index (χ3n) is 3.67. The summed E-state index contributed by atoms with van der Waals surface area (Å²) in [5.74, 6) is 0.971. The van der Waals surface area contributed by atoms with Crippen LogP contribution in [0.25, 0.3) is 0 Å². The van der Waals surface area contributed by atoms with Gasteiger partial charge in [-0.2, -0.15) is 0 Å². The number of carbonyl (C=O) groups excluding carboxylic acids is 1. The quantitative estimate of drug-likeness (QED) is 0.848. The molecule has 1 fully saturated rings. The van der Waals surface area contributed by atoms with E-state index in [1.54, 1.807) is 0 Å². The van der Waals surface area contributed by atoms with Gasteiger partial charge in [-0.05, 0) is 25.8 Å². The molecule has 1 atom stereocenters. The Hall–Kier alpha value is -1.36. The number of amides is 1. The van der Waals surface area contributed by atoms with Crippen LogP contribution in [0.2, 0.25) is 0 Å². The largest absolute Gasteiger partial charge is 0.361 e. The summed E-state index contributed by atoms with van der Waals surface area (Å²) in [5, 5.41) is 10.3. The number of rotatable bonds is 5. The third kappa shape index (κ3) is 3.35. The number of piperidine rings is 1. The Morgan fingerprint density at radius 1 is 1.42 bits per heavy atom. The number of carbonyl (C=O) groups is 1. The second kappa shape index (κ2) is 6.70. The van der Waals surface area contributed by atoms with E-state index in [0.717, 1.165) is 55.7 Å². The molecule has 0 spiro atoms. The van der Waals surface area contributed by atoms with Crippen molar-refractivity contribution in [2.45, 2.75) is 58.5 Å². The monoisotopic (exact) mass is 265 g/mol. The highest BCUT2D eigenvalue weighted by Gasteiger charge is 2.21. The SMILES string of the molecule is CCc1noc(CC)c1CNC(=O)[C@@H]1CCCCN1. The molecule has 2 N–H and O–H groups in total. The highest BCUT2D eigenvalue weighted by Crippen LogP contribution is 2.15. The standard InChI is InChI=1S/C14H23N3O2/c1-3-11-10(13(4-2)19-17-11)9-16-14(18)12-7-5-6-8-15-12/h12,15H,3-9H2,1-2H3,(H,16,18)/t12-/m0/s1. The lowest BCUT2D eigenvalue weighted by atomic mass is 10.0. The molecular formula is C14H23N3O2. The second-order valence-corrected chi connectivity index (χ2v) is 4.96. The molecule has 19 heavy (non-hydrogen) atoms. The number of nitrogens with one attached hydrogen (secondary N) is 2. The lowest BCUT2D eigenvalue weighted by Gasteiger charge is -2.22. The molecule has 0 radical (unpaired) electrons. The summed E-state index contributed by atoms with van der Waals surface area (Å²) in [6.07, 6.45) is 4.85. The van der Waals surface area contributed by atoms with Crippen molar-refractivity contribution in [1.82, 2.24) is 15.8 Å². The molecule has 0 saturated carbocycles. The topological polar surface area (TPSA) is 67.2 Å². The smallest absolute Gasteiger partial charge is 0.237 e. The fourth-order valence-corrected chi connectivity index (χ4v) is 2.51. The van der Waals surface area contributed by atoms with Crippen LogP contribution in [0.5, 0.6) is 0 Å². The van der Waals surface area contributed by atoms with Gasteiger partial charge in [0.05, 0.1) is 11.7 Å². The minimum Gasteiger partial charge on any atom is -0.361 e. The second-order valence-electron chi connectivity index (χ2n) is 4.96. The summed E-state index contributed by atoms with van der Waals surface area (Å²) >= 11 is 0. The average molecular weight is 265 g/mol. The summed E-state index contributed by atoms with van der Waals surface area (Å²) in [7, 11) is 0. The Morgan fingerprint density at radius 2 is 2.26 bits per heavy atom. The fourth-order valence-electron chi connectivity index (χ4n) is 2.51.